The van der Waals surface area contributed by atoms with Gasteiger partial charge in [0.2, 0.25) is 5.88 Å². The van der Waals surface area contributed by atoms with Gasteiger partial charge in [0.1, 0.15) is 18.1 Å². The fourth-order valence-electron chi connectivity index (χ4n) is 2.94. The van der Waals surface area contributed by atoms with Crippen molar-refractivity contribution in [2.75, 3.05) is 26.4 Å². The van der Waals surface area contributed by atoms with E-state index < -0.39 is 0 Å². The summed E-state index contributed by atoms with van der Waals surface area (Å²) in [4.78, 5) is 11.9. The molecule has 31 heavy (non-hydrogen) atoms. The summed E-state index contributed by atoms with van der Waals surface area (Å²) in [7, 11) is 0. The fraction of sp³-hybridized carbons (Fsp3) is 0.292. The largest absolute Gasteiger partial charge is 0.494 e. The molecule has 3 rings (SSSR count). The van der Waals surface area contributed by atoms with Gasteiger partial charge in [0.25, 0.3) is 5.91 Å². The molecule has 0 aliphatic carbocycles. The second-order valence-electron chi connectivity index (χ2n) is 6.97. The van der Waals surface area contributed by atoms with E-state index in [1.165, 1.54) is 0 Å². The average Bonchev–Trinajstić information content (AvgIpc) is 2.77. The number of carbonyl (C=O) groups excluding carboxylic acids is 1. The smallest absolute Gasteiger partial charge is 0.258 e. The number of nitrogens with one attached hydrogen (secondary N) is 1. The van der Waals surface area contributed by atoms with Crippen molar-refractivity contribution in [1.29, 1.82) is 0 Å². The van der Waals surface area contributed by atoms with Crippen LogP contribution in [0.5, 0.6) is 17.4 Å². The van der Waals surface area contributed by atoms with Crippen molar-refractivity contribution in [3.8, 4) is 28.6 Å². The fourth-order valence-corrected chi connectivity index (χ4v) is 2.94. The van der Waals surface area contributed by atoms with Gasteiger partial charge in [-0.15, -0.1) is 10.2 Å². The summed E-state index contributed by atoms with van der Waals surface area (Å²) in [5.74, 6) is 1.72. The lowest BCUT2D eigenvalue weighted by Crippen LogP contribution is -2.32. The summed E-state index contributed by atoms with van der Waals surface area (Å²) in [6.45, 7) is 7.14. The number of hydrogen-bond acceptors (Lipinski definition) is 6. The van der Waals surface area contributed by atoms with Crippen LogP contribution in [0.2, 0.25) is 0 Å². The molecule has 0 aliphatic rings. The Bertz CT molecular complexity index is 989. The van der Waals surface area contributed by atoms with Gasteiger partial charge in [-0.1, -0.05) is 17.7 Å². The van der Waals surface area contributed by atoms with Crippen molar-refractivity contribution in [2.24, 2.45) is 0 Å². The van der Waals surface area contributed by atoms with Gasteiger partial charge in [0.15, 0.2) is 6.61 Å². The summed E-state index contributed by atoms with van der Waals surface area (Å²) in [6, 6.07) is 17.1. The van der Waals surface area contributed by atoms with Gasteiger partial charge in [-0.25, -0.2) is 0 Å². The van der Waals surface area contributed by atoms with E-state index in [4.69, 9.17) is 14.2 Å². The molecule has 1 heterocycles. The third kappa shape index (κ3) is 6.70. The minimum atomic E-state index is -0.208. The zero-order valence-corrected chi connectivity index (χ0v) is 18.1. The molecule has 0 fully saturated rings. The predicted octanol–water partition coefficient (Wildman–Crippen LogP) is 3.73. The van der Waals surface area contributed by atoms with Crippen molar-refractivity contribution < 1.29 is 19.0 Å². The van der Waals surface area contributed by atoms with E-state index in [2.05, 4.69) is 15.5 Å². The molecule has 0 aliphatic heterocycles. The van der Waals surface area contributed by atoms with Crippen LogP contribution in [0.4, 0.5) is 0 Å². The van der Waals surface area contributed by atoms with Crippen molar-refractivity contribution in [2.45, 2.75) is 20.8 Å². The molecule has 7 heteroatoms. The maximum atomic E-state index is 11.9. The maximum absolute atomic E-state index is 11.9. The molecule has 0 saturated carbocycles. The Morgan fingerprint density at radius 3 is 2.42 bits per heavy atom. The molecule has 1 N–H and O–H groups in total. The lowest BCUT2D eigenvalue weighted by molar-refractivity contribution is -0.123. The average molecular weight is 421 g/mol. The van der Waals surface area contributed by atoms with Crippen LogP contribution in [0.15, 0.2) is 54.6 Å². The SMILES string of the molecule is CCOc1ccc(-c2ccc(OCCNC(=O)COc3ccc(C)cc3C)nn2)cc1. The number of nitrogens with zero attached hydrogens (tertiary/aromatic N) is 2. The maximum Gasteiger partial charge on any atom is 0.258 e. The topological polar surface area (TPSA) is 82.6 Å². The van der Waals surface area contributed by atoms with E-state index in [0.717, 1.165) is 28.1 Å². The molecule has 0 spiro atoms. The Labute approximate surface area is 182 Å². The number of hydrogen-bond donors (Lipinski definition) is 1. The van der Waals surface area contributed by atoms with Crippen LogP contribution >= 0.6 is 0 Å². The molecule has 7 nitrogen and oxygen atoms in total. The second-order valence-corrected chi connectivity index (χ2v) is 6.97. The van der Waals surface area contributed by atoms with E-state index in [1.54, 1.807) is 6.07 Å². The highest BCUT2D eigenvalue weighted by molar-refractivity contribution is 5.77. The highest BCUT2D eigenvalue weighted by Crippen LogP contribution is 2.21. The third-order valence-corrected chi connectivity index (χ3v) is 4.46. The highest BCUT2D eigenvalue weighted by Gasteiger charge is 2.06. The monoisotopic (exact) mass is 421 g/mol. The molecule has 0 unspecified atom stereocenters. The van der Waals surface area contributed by atoms with Crippen LogP contribution in [0, 0.1) is 13.8 Å². The molecule has 162 valence electrons. The quantitative estimate of drug-likeness (QED) is 0.502. The second kappa shape index (κ2) is 11.0. The standard InChI is InChI=1S/C24H27N3O4/c1-4-29-20-8-6-19(7-9-20)21-10-12-24(27-26-21)30-14-13-25-23(28)16-31-22-11-5-17(2)15-18(22)3/h5-12,15H,4,13-14,16H2,1-3H3,(H,25,28). The van der Waals surface area contributed by atoms with Gasteiger partial charge in [-0.05, 0) is 62.7 Å². The molecule has 0 saturated heterocycles. The van der Waals surface area contributed by atoms with E-state index in [-0.39, 0.29) is 19.1 Å². The first-order valence-electron chi connectivity index (χ1n) is 10.2. The van der Waals surface area contributed by atoms with Gasteiger partial charge in [-0.3, -0.25) is 4.79 Å². The van der Waals surface area contributed by atoms with Crippen LogP contribution in [-0.4, -0.2) is 42.5 Å². The minimum Gasteiger partial charge on any atom is -0.494 e. The van der Waals surface area contributed by atoms with Crippen LogP contribution in [-0.2, 0) is 4.79 Å². The van der Waals surface area contributed by atoms with E-state index in [1.807, 2.05) is 69.3 Å². The first kappa shape index (κ1) is 22.1. The summed E-state index contributed by atoms with van der Waals surface area (Å²) in [5.41, 5.74) is 3.84. The van der Waals surface area contributed by atoms with Crippen molar-refractivity contribution >= 4 is 5.91 Å². The minimum absolute atomic E-state index is 0.0412. The van der Waals surface area contributed by atoms with Gasteiger partial charge in [0, 0.05) is 11.6 Å². The zero-order valence-electron chi connectivity index (χ0n) is 18.1. The van der Waals surface area contributed by atoms with Crippen molar-refractivity contribution in [1.82, 2.24) is 15.5 Å². The Balaban J connectivity index is 1.38. The van der Waals surface area contributed by atoms with Gasteiger partial charge in [0.05, 0.1) is 18.8 Å². The summed E-state index contributed by atoms with van der Waals surface area (Å²) < 4.78 is 16.5. The highest BCUT2D eigenvalue weighted by atomic mass is 16.5. The molecule has 0 radical (unpaired) electrons. The summed E-state index contributed by atoms with van der Waals surface area (Å²) >= 11 is 0. The van der Waals surface area contributed by atoms with Crippen molar-refractivity contribution in [3.05, 3.63) is 65.7 Å². The number of carbonyl (C=O) groups is 1. The number of ether oxygens (including phenoxy) is 3. The lowest BCUT2D eigenvalue weighted by Gasteiger charge is -2.10. The molecule has 0 atom stereocenters. The zero-order chi connectivity index (χ0) is 22.1. The van der Waals surface area contributed by atoms with Crippen LogP contribution in [0.3, 0.4) is 0 Å². The number of aromatic nitrogens is 2. The van der Waals surface area contributed by atoms with E-state index in [0.29, 0.717) is 24.8 Å². The van der Waals surface area contributed by atoms with Crippen molar-refractivity contribution in [3.63, 3.8) is 0 Å². The van der Waals surface area contributed by atoms with Crippen LogP contribution < -0.4 is 19.5 Å². The van der Waals surface area contributed by atoms with Gasteiger partial charge in [-0.2, -0.15) is 0 Å². The summed E-state index contributed by atoms with van der Waals surface area (Å²) in [5, 5.41) is 11.0. The van der Waals surface area contributed by atoms with Gasteiger partial charge < -0.3 is 19.5 Å². The Hall–Kier alpha value is -3.61. The molecule has 2 aromatic carbocycles. The van der Waals surface area contributed by atoms with E-state index in [9.17, 15) is 4.79 Å². The third-order valence-electron chi connectivity index (χ3n) is 4.46. The van der Waals surface area contributed by atoms with Crippen LogP contribution in [0.1, 0.15) is 18.1 Å². The Morgan fingerprint density at radius 1 is 0.935 bits per heavy atom. The molecule has 1 amide bonds. The predicted molar refractivity (Wildman–Crippen MR) is 119 cm³/mol. The van der Waals surface area contributed by atoms with E-state index >= 15 is 0 Å². The lowest BCUT2D eigenvalue weighted by atomic mass is 10.1. The molecular weight excluding hydrogens is 394 g/mol. The summed E-state index contributed by atoms with van der Waals surface area (Å²) in [6.07, 6.45) is 0. The molecule has 0 bridgehead atoms. The Morgan fingerprint density at radius 2 is 1.74 bits per heavy atom. The number of benzene rings is 2. The van der Waals surface area contributed by atoms with Gasteiger partial charge >= 0.3 is 0 Å². The van der Waals surface area contributed by atoms with Crippen LogP contribution in [0.25, 0.3) is 11.3 Å². The Kier molecular flexibility index (Phi) is 7.81. The molecule has 3 aromatic rings. The molecular formula is C24H27N3O4. The number of aryl methyl sites for hydroxylation is 2. The first-order valence-corrected chi connectivity index (χ1v) is 10.2. The number of rotatable bonds is 10. The number of amides is 1. The molecule has 1 aromatic heterocycles. The first-order chi connectivity index (χ1) is 15.0. The normalized spacial score (nSPS) is 10.4.